The largest absolute Gasteiger partial charge is 0.510 e. The summed E-state index contributed by atoms with van der Waals surface area (Å²) in [4.78, 5) is 47.1. The van der Waals surface area contributed by atoms with Gasteiger partial charge in [0, 0.05) is 37.5 Å². The van der Waals surface area contributed by atoms with E-state index in [0.717, 1.165) is 0 Å². The number of carbonyl (C=O) groups is 3. The Balaban J connectivity index is 1.72. The number of aliphatic hydroxyl groups is 3. The van der Waals surface area contributed by atoms with Gasteiger partial charge < -0.3 is 31.1 Å². The molecule has 0 bridgehead atoms. The van der Waals surface area contributed by atoms with Gasteiger partial charge in [-0.1, -0.05) is 12.0 Å². The van der Waals surface area contributed by atoms with Crippen molar-refractivity contribution < 1.29 is 34.8 Å². The van der Waals surface area contributed by atoms with Gasteiger partial charge in [-0.2, -0.15) is 0 Å². The third-order valence-electron chi connectivity index (χ3n) is 8.17. The highest BCUT2D eigenvalue weighted by Crippen LogP contribution is 2.53. The highest BCUT2D eigenvalue weighted by atomic mass is 16.3. The molecular weight excluding hydrogens is 528 g/mol. The van der Waals surface area contributed by atoms with E-state index in [1.165, 1.54) is 4.90 Å². The molecule has 4 atom stereocenters. The molecule has 0 spiro atoms. The van der Waals surface area contributed by atoms with Crippen LogP contribution in [0.1, 0.15) is 33.6 Å². The number of nitrogens with two attached hydrogens (primary N) is 1. The van der Waals surface area contributed by atoms with Gasteiger partial charge in [0.1, 0.15) is 28.5 Å². The number of amides is 1. The van der Waals surface area contributed by atoms with Gasteiger partial charge in [-0.15, -0.1) is 0 Å². The molecule has 11 nitrogen and oxygen atoms in total. The molecule has 0 saturated heterocycles. The number of phenolic OH excluding ortho intramolecular Hbond substituents is 1. The third kappa shape index (κ3) is 4.06. The van der Waals surface area contributed by atoms with E-state index < -0.39 is 63.8 Å². The number of hydrogen-bond acceptors (Lipinski definition) is 10. The number of aromatic hydroxyl groups is 1. The molecule has 0 aliphatic heterocycles. The highest BCUT2D eigenvalue weighted by molar-refractivity contribution is 6.25. The average molecular weight is 559 g/mol. The molecule has 1 heterocycles. The van der Waals surface area contributed by atoms with Gasteiger partial charge in [0.15, 0.2) is 11.4 Å². The van der Waals surface area contributed by atoms with E-state index in [0.29, 0.717) is 16.9 Å². The number of primary amides is 1. The Morgan fingerprint density at radius 1 is 1.12 bits per heavy atom. The van der Waals surface area contributed by atoms with Gasteiger partial charge in [0.05, 0.1) is 17.2 Å². The lowest BCUT2D eigenvalue weighted by Gasteiger charge is -2.50. The van der Waals surface area contributed by atoms with Crippen LogP contribution in [-0.2, 0) is 16.0 Å². The molecule has 3 aliphatic rings. The Labute approximate surface area is 236 Å². The van der Waals surface area contributed by atoms with Crippen molar-refractivity contribution in [3.05, 3.63) is 75.5 Å². The number of benzene rings is 1. The monoisotopic (exact) mass is 558 g/mol. The van der Waals surface area contributed by atoms with Crippen LogP contribution in [0.2, 0.25) is 0 Å². The first kappa shape index (κ1) is 27.9. The number of rotatable bonds is 3. The molecule has 11 heteroatoms. The van der Waals surface area contributed by atoms with E-state index in [9.17, 15) is 34.8 Å². The van der Waals surface area contributed by atoms with Crippen molar-refractivity contribution in [1.82, 2.24) is 9.88 Å². The summed E-state index contributed by atoms with van der Waals surface area (Å²) in [5.74, 6) is -1.25. The SMILES string of the molecule is CN(C)c1cc(C#Cc2ccccn2)c(O)c2c1C[C@H]1C[C@H]3[C@H](N(C)C)C(O)=C(C(N)=O)C(=O)[C@@]3(O)C(O)=C1C2=O. The predicted octanol–water partition coefficient (Wildman–Crippen LogP) is 0.981. The average Bonchev–Trinajstić information content (AvgIpc) is 2.90. The molecule has 1 amide bonds. The second-order valence-corrected chi connectivity index (χ2v) is 11.0. The Morgan fingerprint density at radius 3 is 2.41 bits per heavy atom. The van der Waals surface area contributed by atoms with Crippen molar-refractivity contribution in [3.8, 4) is 17.6 Å². The maximum Gasteiger partial charge on any atom is 0.255 e. The van der Waals surface area contributed by atoms with Gasteiger partial charge in [-0.3, -0.25) is 19.3 Å². The zero-order chi connectivity index (χ0) is 30.0. The second-order valence-electron chi connectivity index (χ2n) is 11.0. The van der Waals surface area contributed by atoms with E-state index in [1.54, 1.807) is 63.6 Å². The van der Waals surface area contributed by atoms with E-state index in [4.69, 9.17) is 5.73 Å². The molecule has 1 aromatic carbocycles. The Hall–Kier alpha value is -4.66. The number of Topliss-reactive ketones (excluding diaryl/α,β-unsaturated/α-hetero) is 2. The molecule has 0 fully saturated rings. The van der Waals surface area contributed by atoms with E-state index in [1.807, 2.05) is 0 Å². The lowest BCUT2D eigenvalue weighted by atomic mass is 9.58. The number of hydrogen-bond donors (Lipinski definition) is 5. The highest BCUT2D eigenvalue weighted by Gasteiger charge is 2.63. The molecule has 3 aliphatic carbocycles. The lowest BCUT2D eigenvalue weighted by molar-refractivity contribution is -0.148. The van der Waals surface area contributed by atoms with Crippen LogP contribution >= 0.6 is 0 Å². The topological polar surface area (TPSA) is 178 Å². The first-order valence-electron chi connectivity index (χ1n) is 12.9. The molecule has 212 valence electrons. The fourth-order valence-electron chi connectivity index (χ4n) is 6.36. The molecular formula is C30H30N4O7. The van der Waals surface area contributed by atoms with Gasteiger partial charge in [-0.25, -0.2) is 4.98 Å². The zero-order valence-corrected chi connectivity index (χ0v) is 23.0. The van der Waals surface area contributed by atoms with Crippen LogP contribution in [0.3, 0.4) is 0 Å². The van der Waals surface area contributed by atoms with E-state index in [-0.39, 0.29) is 29.5 Å². The number of fused-ring (bicyclic) bond motifs is 3. The van der Waals surface area contributed by atoms with Gasteiger partial charge in [0.25, 0.3) is 5.91 Å². The number of pyridine rings is 1. The van der Waals surface area contributed by atoms with Gasteiger partial charge >= 0.3 is 0 Å². The minimum Gasteiger partial charge on any atom is -0.510 e. The van der Waals surface area contributed by atoms with E-state index in [2.05, 4.69) is 16.8 Å². The predicted molar refractivity (Wildman–Crippen MR) is 148 cm³/mol. The fraction of sp³-hybridized carbons (Fsp3) is 0.333. The van der Waals surface area contributed by atoms with Crippen molar-refractivity contribution in [2.75, 3.05) is 33.1 Å². The van der Waals surface area contributed by atoms with Crippen molar-refractivity contribution >= 4 is 23.2 Å². The Kier molecular flexibility index (Phi) is 6.64. The summed E-state index contributed by atoms with van der Waals surface area (Å²) in [5, 5.41) is 45.4. The molecule has 41 heavy (non-hydrogen) atoms. The van der Waals surface area contributed by atoms with Crippen molar-refractivity contribution in [2.45, 2.75) is 24.5 Å². The summed E-state index contributed by atoms with van der Waals surface area (Å²) in [7, 11) is 6.74. The van der Waals surface area contributed by atoms with Crippen LogP contribution in [0.25, 0.3) is 0 Å². The molecule has 0 radical (unpaired) electrons. The van der Waals surface area contributed by atoms with Crippen LogP contribution in [0.4, 0.5) is 5.69 Å². The van der Waals surface area contributed by atoms with Crippen molar-refractivity contribution in [3.63, 3.8) is 0 Å². The second kappa shape index (κ2) is 9.76. The summed E-state index contributed by atoms with van der Waals surface area (Å²) in [6.45, 7) is 0. The number of aliphatic hydroxyl groups excluding tert-OH is 2. The number of ketones is 2. The number of phenols is 1. The van der Waals surface area contributed by atoms with Crippen LogP contribution in [0.15, 0.2) is 53.1 Å². The van der Waals surface area contributed by atoms with Crippen LogP contribution in [-0.4, -0.2) is 87.6 Å². The van der Waals surface area contributed by atoms with E-state index >= 15 is 0 Å². The van der Waals surface area contributed by atoms with Gasteiger partial charge in [-0.05, 0) is 62.5 Å². The minimum atomic E-state index is -2.69. The minimum absolute atomic E-state index is 0.0145. The first-order valence-corrected chi connectivity index (χ1v) is 12.9. The Bertz CT molecular complexity index is 1630. The molecule has 5 rings (SSSR count). The van der Waals surface area contributed by atoms with Crippen LogP contribution in [0.5, 0.6) is 5.75 Å². The third-order valence-corrected chi connectivity index (χ3v) is 8.17. The molecule has 0 unspecified atom stereocenters. The maximum absolute atomic E-state index is 14.1. The standard InChI is InChI=1S/C30H30N4O7/c1-33(2)19-13-14(8-9-16-7-5-6-10-32-16)24(35)21-17(19)11-15-12-18-23(34(3)4)26(37)22(29(31)40)28(39)30(18,41)27(38)20(15)25(21)36/h5-7,10,13,15,18,23,35,37-38,41H,11-12H2,1-4H3,(H2,31,40)/t15-,18-,23-,30-/m0/s1. The van der Waals surface area contributed by atoms with Crippen molar-refractivity contribution in [1.29, 1.82) is 0 Å². The summed E-state index contributed by atoms with van der Waals surface area (Å²) >= 11 is 0. The normalized spacial score (nSPS) is 25.3. The van der Waals surface area contributed by atoms with Crippen molar-refractivity contribution in [2.24, 2.45) is 17.6 Å². The quantitative estimate of drug-likeness (QED) is 0.269. The lowest BCUT2D eigenvalue weighted by Crippen LogP contribution is -2.63. The molecule has 1 aromatic heterocycles. The Morgan fingerprint density at radius 2 is 1.83 bits per heavy atom. The number of likely N-dealkylation sites (N-methyl/N-ethyl adjacent to an activating group) is 1. The van der Waals surface area contributed by atoms with Crippen LogP contribution < -0.4 is 10.6 Å². The summed E-state index contributed by atoms with van der Waals surface area (Å²) in [6.07, 6.45) is 1.78. The number of aromatic nitrogens is 1. The maximum atomic E-state index is 14.1. The van der Waals surface area contributed by atoms with Crippen LogP contribution in [0, 0.1) is 23.7 Å². The number of carbonyl (C=O) groups excluding carboxylic acids is 3. The number of nitrogens with zero attached hydrogens (tertiary/aromatic N) is 3. The number of anilines is 1. The summed E-state index contributed by atoms with van der Waals surface area (Å²) < 4.78 is 0. The molecule has 6 N–H and O–H groups in total. The van der Waals surface area contributed by atoms with Gasteiger partial charge in [0.2, 0.25) is 5.78 Å². The molecule has 2 aromatic rings. The number of allylic oxidation sites excluding steroid dienone is 1. The summed E-state index contributed by atoms with van der Waals surface area (Å²) in [6, 6.07) is 5.82. The first-order chi connectivity index (χ1) is 19.3. The molecule has 0 saturated carbocycles. The fourth-order valence-corrected chi connectivity index (χ4v) is 6.36. The summed E-state index contributed by atoms with van der Waals surface area (Å²) in [5.41, 5.74) is 3.29. The zero-order valence-electron chi connectivity index (χ0n) is 23.0. The smallest absolute Gasteiger partial charge is 0.255 e.